The molecule has 2 aromatic rings. The summed E-state index contributed by atoms with van der Waals surface area (Å²) in [4.78, 5) is 34.6. The van der Waals surface area contributed by atoms with Crippen LogP contribution in [0.2, 0.25) is 0 Å². The third-order valence-corrected chi connectivity index (χ3v) is 5.14. The molecule has 1 unspecified atom stereocenters. The molecule has 7 heteroatoms. The molecule has 3 heterocycles. The number of anilines is 3. The highest BCUT2D eigenvalue weighted by atomic mass is 16.2. The number of nitrogens with one attached hydrogen (secondary N) is 1. The molecule has 0 spiro atoms. The molecule has 1 fully saturated rings. The minimum absolute atomic E-state index is 0.00221. The van der Waals surface area contributed by atoms with Crippen molar-refractivity contribution < 1.29 is 9.59 Å². The number of hydrogen-bond acceptors (Lipinski definition) is 4. The second kappa shape index (κ2) is 7.26. The van der Waals surface area contributed by atoms with Crippen LogP contribution < -0.4 is 15.1 Å². The van der Waals surface area contributed by atoms with Crippen LogP contribution in [0.15, 0.2) is 48.7 Å². The molecule has 2 aliphatic rings. The summed E-state index contributed by atoms with van der Waals surface area (Å²) in [5.74, 6) is 0.930. The summed E-state index contributed by atoms with van der Waals surface area (Å²) >= 11 is 0. The van der Waals surface area contributed by atoms with E-state index in [1.54, 1.807) is 22.9 Å². The lowest BCUT2D eigenvalue weighted by molar-refractivity contribution is -0.127. The highest BCUT2D eigenvalue weighted by Gasteiger charge is 2.31. The second-order valence-corrected chi connectivity index (χ2v) is 6.88. The van der Waals surface area contributed by atoms with Crippen LogP contribution in [0.1, 0.15) is 13.3 Å². The molecule has 0 aliphatic carbocycles. The molecule has 3 amide bonds. The van der Waals surface area contributed by atoms with Crippen LogP contribution >= 0.6 is 0 Å². The number of amides is 3. The SMILES string of the molecule is CC(=O)N1CCC(NC(=O)N2CCN(c3ccccn3)c3ccccc32)C1. The maximum atomic E-state index is 12.9. The zero-order valence-electron chi connectivity index (χ0n) is 15.3. The summed E-state index contributed by atoms with van der Waals surface area (Å²) in [7, 11) is 0. The van der Waals surface area contributed by atoms with Crippen LogP contribution in [-0.4, -0.2) is 54.0 Å². The maximum Gasteiger partial charge on any atom is 0.322 e. The molecule has 1 atom stereocenters. The van der Waals surface area contributed by atoms with Crippen molar-refractivity contribution in [1.82, 2.24) is 15.2 Å². The van der Waals surface area contributed by atoms with Crippen molar-refractivity contribution in [2.75, 3.05) is 36.0 Å². The highest BCUT2D eigenvalue weighted by molar-refractivity contribution is 5.98. The molecule has 7 nitrogen and oxygen atoms in total. The van der Waals surface area contributed by atoms with Gasteiger partial charge in [0.1, 0.15) is 5.82 Å². The summed E-state index contributed by atoms with van der Waals surface area (Å²) in [6.45, 7) is 4.09. The van der Waals surface area contributed by atoms with Crippen LogP contribution in [0, 0.1) is 0 Å². The number of carbonyl (C=O) groups is 2. The number of aromatic nitrogens is 1. The van der Waals surface area contributed by atoms with Gasteiger partial charge in [-0.25, -0.2) is 9.78 Å². The average Bonchev–Trinajstić information content (AvgIpc) is 3.16. The number of likely N-dealkylation sites (tertiary alicyclic amines) is 1. The zero-order chi connectivity index (χ0) is 18.8. The number of fused-ring (bicyclic) bond motifs is 1. The van der Waals surface area contributed by atoms with Crippen molar-refractivity contribution in [3.05, 3.63) is 48.7 Å². The lowest BCUT2D eigenvalue weighted by Crippen LogP contribution is -2.50. The van der Waals surface area contributed by atoms with Gasteiger partial charge in [0.15, 0.2) is 0 Å². The van der Waals surface area contributed by atoms with Gasteiger partial charge in [0, 0.05) is 45.3 Å². The normalized spacial score (nSPS) is 19.0. The molecule has 140 valence electrons. The molecule has 4 rings (SSSR count). The number of para-hydroxylation sites is 2. The number of pyridine rings is 1. The van der Waals surface area contributed by atoms with E-state index in [4.69, 9.17) is 0 Å². The van der Waals surface area contributed by atoms with E-state index in [0.717, 1.165) is 23.6 Å². The molecule has 1 saturated heterocycles. The summed E-state index contributed by atoms with van der Waals surface area (Å²) in [5, 5.41) is 3.09. The van der Waals surface area contributed by atoms with Gasteiger partial charge >= 0.3 is 6.03 Å². The van der Waals surface area contributed by atoms with Gasteiger partial charge in [0.05, 0.1) is 11.4 Å². The van der Waals surface area contributed by atoms with E-state index >= 15 is 0 Å². The van der Waals surface area contributed by atoms with Gasteiger partial charge in [0.25, 0.3) is 0 Å². The van der Waals surface area contributed by atoms with Crippen molar-refractivity contribution in [3.63, 3.8) is 0 Å². The summed E-state index contributed by atoms with van der Waals surface area (Å²) in [6.07, 6.45) is 2.57. The minimum atomic E-state index is -0.112. The molecule has 0 bridgehead atoms. The van der Waals surface area contributed by atoms with Gasteiger partial charge in [0.2, 0.25) is 5.91 Å². The second-order valence-electron chi connectivity index (χ2n) is 6.88. The standard InChI is InChI=1S/C20H23N5O2/c1-15(26)23-11-9-16(14-23)22-20(27)25-13-12-24(19-8-4-5-10-21-19)17-6-2-3-7-18(17)25/h2-8,10,16H,9,11-14H2,1H3,(H,22,27). The number of urea groups is 1. The first-order valence-electron chi connectivity index (χ1n) is 9.24. The molecule has 27 heavy (non-hydrogen) atoms. The fourth-order valence-corrected chi connectivity index (χ4v) is 3.74. The van der Waals surface area contributed by atoms with Crippen LogP contribution in [-0.2, 0) is 4.79 Å². The van der Waals surface area contributed by atoms with E-state index in [2.05, 4.69) is 15.2 Å². The summed E-state index contributed by atoms with van der Waals surface area (Å²) in [6, 6.07) is 13.6. The van der Waals surface area contributed by atoms with Gasteiger partial charge in [-0.2, -0.15) is 0 Å². The Morgan fingerprint density at radius 2 is 1.81 bits per heavy atom. The number of nitrogens with zero attached hydrogens (tertiary/aromatic N) is 4. The van der Waals surface area contributed by atoms with Gasteiger partial charge in [-0.3, -0.25) is 9.69 Å². The zero-order valence-corrected chi connectivity index (χ0v) is 15.3. The smallest absolute Gasteiger partial charge is 0.322 e. The third-order valence-electron chi connectivity index (χ3n) is 5.14. The maximum absolute atomic E-state index is 12.9. The fourth-order valence-electron chi connectivity index (χ4n) is 3.74. The van der Waals surface area contributed by atoms with E-state index in [-0.39, 0.29) is 18.0 Å². The molecule has 1 aromatic heterocycles. The molecule has 1 N–H and O–H groups in total. The van der Waals surface area contributed by atoms with E-state index in [0.29, 0.717) is 26.2 Å². The number of carbonyl (C=O) groups excluding carboxylic acids is 2. The Morgan fingerprint density at radius 1 is 1.04 bits per heavy atom. The van der Waals surface area contributed by atoms with Gasteiger partial charge in [-0.05, 0) is 30.7 Å². The van der Waals surface area contributed by atoms with E-state index in [9.17, 15) is 9.59 Å². The minimum Gasteiger partial charge on any atom is -0.341 e. The fraction of sp³-hybridized carbons (Fsp3) is 0.350. The Morgan fingerprint density at radius 3 is 2.52 bits per heavy atom. The lowest BCUT2D eigenvalue weighted by atomic mass is 10.1. The van der Waals surface area contributed by atoms with Crippen molar-refractivity contribution in [3.8, 4) is 0 Å². The number of rotatable bonds is 2. The van der Waals surface area contributed by atoms with E-state index in [1.807, 2.05) is 42.5 Å². The Kier molecular flexibility index (Phi) is 4.66. The molecule has 1 aromatic carbocycles. The largest absolute Gasteiger partial charge is 0.341 e. The van der Waals surface area contributed by atoms with Crippen LogP contribution in [0.4, 0.5) is 22.0 Å². The quantitative estimate of drug-likeness (QED) is 0.887. The summed E-state index contributed by atoms with van der Waals surface area (Å²) < 4.78 is 0. The Bertz CT molecular complexity index is 841. The molecule has 0 saturated carbocycles. The molecular weight excluding hydrogens is 342 g/mol. The van der Waals surface area contributed by atoms with E-state index < -0.39 is 0 Å². The number of benzene rings is 1. The average molecular weight is 365 g/mol. The molecular formula is C20H23N5O2. The van der Waals surface area contributed by atoms with Crippen LogP contribution in [0.5, 0.6) is 0 Å². The Labute approximate surface area is 158 Å². The van der Waals surface area contributed by atoms with Crippen LogP contribution in [0.3, 0.4) is 0 Å². The van der Waals surface area contributed by atoms with Crippen molar-refractivity contribution in [1.29, 1.82) is 0 Å². The monoisotopic (exact) mass is 365 g/mol. The number of hydrogen-bond donors (Lipinski definition) is 1. The van der Waals surface area contributed by atoms with Crippen molar-refractivity contribution in [2.24, 2.45) is 0 Å². The first kappa shape index (κ1) is 17.3. The molecule has 2 aliphatic heterocycles. The Balaban J connectivity index is 1.52. The Hall–Kier alpha value is -3.09. The van der Waals surface area contributed by atoms with Gasteiger partial charge in [-0.1, -0.05) is 18.2 Å². The predicted octanol–water partition coefficient (Wildman–Crippen LogP) is 2.37. The first-order valence-corrected chi connectivity index (χ1v) is 9.24. The van der Waals surface area contributed by atoms with Crippen molar-refractivity contribution >= 4 is 29.1 Å². The van der Waals surface area contributed by atoms with Crippen molar-refractivity contribution in [2.45, 2.75) is 19.4 Å². The highest BCUT2D eigenvalue weighted by Crippen LogP contribution is 2.36. The lowest BCUT2D eigenvalue weighted by Gasteiger charge is -2.37. The molecule has 0 radical (unpaired) electrons. The van der Waals surface area contributed by atoms with Gasteiger partial charge < -0.3 is 15.1 Å². The topological polar surface area (TPSA) is 68.8 Å². The first-order chi connectivity index (χ1) is 13.1. The van der Waals surface area contributed by atoms with Gasteiger partial charge in [-0.15, -0.1) is 0 Å². The third kappa shape index (κ3) is 3.45. The predicted molar refractivity (Wildman–Crippen MR) is 104 cm³/mol. The van der Waals surface area contributed by atoms with E-state index in [1.165, 1.54) is 0 Å². The summed E-state index contributed by atoms with van der Waals surface area (Å²) in [5.41, 5.74) is 1.84. The van der Waals surface area contributed by atoms with Crippen LogP contribution in [0.25, 0.3) is 0 Å².